The van der Waals surface area contributed by atoms with Crippen molar-refractivity contribution in [1.82, 2.24) is 14.3 Å². The van der Waals surface area contributed by atoms with Gasteiger partial charge in [0, 0.05) is 34.2 Å². The molecule has 3 aromatic heterocycles. The molecule has 0 aromatic carbocycles. The van der Waals surface area contributed by atoms with Crippen LogP contribution < -0.4 is 10.9 Å². The Morgan fingerprint density at radius 3 is 2.52 bits per heavy atom. The fraction of sp³-hybridized carbons (Fsp3) is 0.318. The van der Waals surface area contributed by atoms with Crippen molar-refractivity contribution in [2.45, 2.75) is 33.9 Å². The van der Waals surface area contributed by atoms with Crippen LogP contribution in [-0.4, -0.2) is 39.1 Å². The number of pyridine rings is 1. The molecule has 0 saturated heterocycles. The van der Waals surface area contributed by atoms with Crippen LogP contribution in [0.5, 0.6) is 0 Å². The maximum Gasteiger partial charge on any atom is 0.376 e. The molecule has 11 heteroatoms. The zero-order chi connectivity index (χ0) is 24.3. The quantitative estimate of drug-likeness (QED) is 0.398. The summed E-state index contributed by atoms with van der Waals surface area (Å²) in [6, 6.07) is 8.18. The number of hydrogen-bond donors (Lipinski definition) is 1. The molecule has 33 heavy (non-hydrogen) atoms. The van der Waals surface area contributed by atoms with Crippen molar-refractivity contribution in [1.29, 1.82) is 0 Å². The number of nitrogens with zero attached hydrogens (tertiary/aromatic N) is 3. The van der Waals surface area contributed by atoms with Crippen molar-refractivity contribution in [3.05, 3.63) is 56.1 Å². The first-order chi connectivity index (χ1) is 15.5. The molecule has 174 valence electrons. The summed E-state index contributed by atoms with van der Waals surface area (Å²) in [6.07, 6.45) is 1.42. The van der Waals surface area contributed by atoms with Gasteiger partial charge in [0.1, 0.15) is 5.82 Å². The molecule has 3 rings (SSSR count). The lowest BCUT2D eigenvalue weighted by Crippen LogP contribution is -2.29. The number of Topliss-reactive ketones (excluding diaryl/α,β-unsaturated/α-hetero) is 1. The standard InChI is InChI=1S/C22H23ClN4O5S/c1-22(2,3)21(31)27-18(24-10-14-6-7-17(23)33-14)9-15(25-27)13-5-8-19(29)26(11-13)12-16(28)20(30)32-4/h5-9,11,24H,10,12H2,1-4H3. The van der Waals surface area contributed by atoms with Gasteiger partial charge in [0.2, 0.25) is 0 Å². The molecular formula is C22H23ClN4O5S. The van der Waals surface area contributed by atoms with Crippen molar-refractivity contribution >= 4 is 46.4 Å². The van der Waals surface area contributed by atoms with Crippen LogP contribution in [0.2, 0.25) is 4.34 Å². The number of esters is 1. The normalized spacial score (nSPS) is 11.3. The highest BCUT2D eigenvalue weighted by Gasteiger charge is 2.27. The SMILES string of the molecule is COC(=O)C(=O)Cn1cc(-c2cc(NCc3ccc(Cl)s3)n(C(=O)C(C)(C)C)n2)ccc1=O. The molecule has 0 atom stereocenters. The van der Waals surface area contributed by atoms with E-state index < -0.39 is 29.3 Å². The number of carbonyl (C=O) groups excluding carboxylic acids is 3. The van der Waals surface area contributed by atoms with Crippen molar-refractivity contribution < 1.29 is 19.1 Å². The number of halogens is 1. The Hall–Kier alpha value is -3.24. The van der Waals surface area contributed by atoms with Gasteiger partial charge in [-0.25, -0.2) is 4.79 Å². The molecule has 9 nitrogen and oxygen atoms in total. The highest BCUT2D eigenvalue weighted by molar-refractivity contribution is 7.16. The molecule has 0 aliphatic carbocycles. The number of aromatic nitrogens is 3. The number of hydrogen-bond acceptors (Lipinski definition) is 8. The number of ketones is 1. The summed E-state index contributed by atoms with van der Waals surface area (Å²) in [5, 5.41) is 7.67. The summed E-state index contributed by atoms with van der Waals surface area (Å²) in [4.78, 5) is 49.5. The van der Waals surface area contributed by atoms with E-state index in [1.54, 1.807) is 39.0 Å². The number of methoxy groups -OCH3 is 1. The molecule has 0 fully saturated rings. The van der Waals surface area contributed by atoms with E-state index in [4.69, 9.17) is 11.6 Å². The third-order valence-electron chi connectivity index (χ3n) is 4.62. The van der Waals surface area contributed by atoms with Gasteiger partial charge in [-0.2, -0.15) is 9.78 Å². The van der Waals surface area contributed by atoms with Gasteiger partial charge >= 0.3 is 5.97 Å². The van der Waals surface area contributed by atoms with E-state index in [0.717, 1.165) is 16.6 Å². The first kappa shape index (κ1) is 24.4. The number of rotatable bonds is 7. The van der Waals surface area contributed by atoms with Gasteiger partial charge in [-0.15, -0.1) is 11.3 Å². The van der Waals surface area contributed by atoms with E-state index in [1.165, 1.54) is 28.3 Å². The van der Waals surface area contributed by atoms with Crippen LogP contribution in [0.3, 0.4) is 0 Å². The Bertz CT molecular complexity index is 1270. The van der Waals surface area contributed by atoms with Gasteiger partial charge in [0.25, 0.3) is 17.2 Å². The van der Waals surface area contributed by atoms with Crippen molar-refractivity contribution in [2.24, 2.45) is 5.41 Å². The average Bonchev–Trinajstić information content (AvgIpc) is 3.37. The summed E-state index contributed by atoms with van der Waals surface area (Å²) in [5.74, 6) is -1.65. The van der Waals surface area contributed by atoms with Gasteiger partial charge in [-0.05, 0) is 18.2 Å². The van der Waals surface area contributed by atoms with E-state index in [0.29, 0.717) is 28.0 Å². The monoisotopic (exact) mass is 490 g/mol. The molecule has 0 bridgehead atoms. The van der Waals surface area contributed by atoms with E-state index >= 15 is 0 Å². The van der Waals surface area contributed by atoms with Crippen LogP contribution in [0.4, 0.5) is 5.82 Å². The zero-order valence-electron chi connectivity index (χ0n) is 18.5. The molecule has 0 unspecified atom stereocenters. The Morgan fingerprint density at radius 2 is 1.91 bits per heavy atom. The lowest BCUT2D eigenvalue weighted by Gasteiger charge is -2.18. The minimum atomic E-state index is -1.03. The summed E-state index contributed by atoms with van der Waals surface area (Å²) in [5.41, 5.74) is -0.250. The van der Waals surface area contributed by atoms with Crippen molar-refractivity contribution in [3.63, 3.8) is 0 Å². The van der Waals surface area contributed by atoms with E-state index in [2.05, 4.69) is 15.2 Å². The number of thiophene rings is 1. The predicted octanol–water partition coefficient (Wildman–Crippen LogP) is 3.47. The Labute approximate surface area is 198 Å². The van der Waals surface area contributed by atoms with E-state index in [9.17, 15) is 19.2 Å². The lowest BCUT2D eigenvalue weighted by atomic mass is 9.96. The predicted molar refractivity (Wildman–Crippen MR) is 126 cm³/mol. The zero-order valence-corrected chi connectivity index (χ0v) is 20.1. The van der Waals surface area contributed by atoms with Crippen molar-refractivity contribution in [2.75, 3.05) is 12.4 Å². The Kier molecular flexibility index (Phi) is 7.19. The van der Waals surface area contributed by atoms with Gasteiger partial charge in [0.15, 0.2) is 0 Å². The highest BCUT2D eigenvalue weighted by atomic mass is 35.5. The third kappa shape index (κ3) is 5.77. The number of ether oxygens (including phenoxy) is 1. The molecular weight excluding hydrogens is 468 g/mol. The highest BCUT2D eigenvalue weighted by Crippen LogP contribution is 2.27. The van der Waals surface area contributed by atoms with Gasteiger partial charge in [0.05, 0.1) is 30.2 Å². The average molecular weight is 491 g/mol. The second-order valence-electron chi connectivity index (χ2n) is 8.24. The van der Waals surface area contributed by atoms with Crippen LogP contribution in [0.15, 0.2) is 41.3 Å². The minimum absolute atomic E-state index is 0.227. The second kappa shape index (κ2) is 9.72. The topological polar surface area (TPSA) is 112 Å². The summed E-state index contributed by atoms with van der Waals surface area (Å²) in [6.45, 7) is 5.34. The molecule has 0 aliphatic rings. The smallest absolute Gasteiger partial charge is 0.376 e. The van der Waals surface area contributed by atoms with Crippen LogP contribution in [-0.2, 0) is 27.4 Å². The van der Waals surface area contributed by atoms with Gasteiger partial charge < -0.3 is 14.6 Å². The maximum absolute atomic E-state index is 13.0. The molecule has 1 N–H and O–H groups in total. The van der Waals surface area contributed by atoms with Crippen LogP contribution in [0, 0.1) is 5.41 Å². The summed E-state index contributed by atoms with van der Waals surface area (Å²) >= 11 is 7.42. The molecule has 3 aromatic rings. The maximum atomic E-state index is 13.0. The molecule has 0 saturated carbocycles. The lowest BCUT2D eigenvalue weighted by molar-refractivity contribution is -0.151. The van der Waals surface area contributed by atoms with E-state index in [1.807, 2.05) is 6.07 Å². The van der Waals surface area contributed by atoms with Crippen LogP contribution in [0.25, 0.3) is 11.3 Å². The molecule has 3 heterocycles. The van der Waals surface area contributed by atoms with E-state index in [-0.39, 0.29) is 5.91 Å². The van der Waals surface area contributed by atoms with Crippen molar-refractivity contribution in [3.8, 4) is 11.3 Å². The number of anilines is 1. The van der Waals surface area contributed by atoms with Gasteiger partial charge in [-0.3, -0.25) is 14.4 Å². The Balaban J connectivity index is 1.97. The van der Waals surface area contributed by atoms with Crippen LogP contribution >= 0.6 is 22.9 Å². The summed E-state index contributed by atoms with van der Waals surface area (Å²) in [7, 11) is 1.09. The molecule has 0 spiro atoms. The second-order valence-corrected chi connectivity index (χ2v) is 10.0. The summed E-state index contributed by atoms with van der Waals surface area (Å²) < 4.78 is 7.46. The number of carbonyl (C=O) groups is 3. The fourth-order valence-electron chi connectivity index (χ4n) is 2.88. The minimum Gasteiger partial charge on any atom is -0.463 e. The largest absolute Gasteiger partial charge is 0.463 e. The molecule has 0 aliphatic heterocycles. The first-order valence-corrected chi connectivity index (χ1v) is 11.1. The van der Waals surface area contributed by atoms with Crippen LogP contribution in [0.1, 0.15) is 30.4 Å². The first-order valence-electron chi connectivity index (χ1n) is 9.94. The third-order valence-corrected chi connectivity index (χ3v) is 5.85. The Morgan fingerprint density at radius 1 is 1.18 bits per heavy atom. The number of nitrogens with one attached hydrogen (secondary N) is 1. The van der Waals surface area contributed by atoms with Gasteiger partial charge in [-0.1, -0.05) is 32.4 Å². The molecule has 0 amide bonds. The molecule has 0 radical (unpaired) electrons. The fourth-order valence-corrected chi connectivity index (χ4v) is 3.91.